The minimum Gasteiger partial charge on any atom is -0.480 e. The molecule has 0 aliphatic carbocycles. The molecule has 1 saturated heterocycles. The fraction of sp³-hybridized carbons (Fsp3) is 0.500. The van der Waals surface area contributed by atoms with Gasteiger partial charge in [-0.05, 0) is 31.4 Å². The second kappa shape index (κ2) is 8.15. The average molecular weight is 373 g/mol. The summed E-state index contributed by atoms with van der Waals surface area (Å²) in [6.07, 6.45) is 1.97. The molecule has 1 aliphatic rings. The molecule has 9 heteroatoms. The van der Waals surface area contributed by atoms with Gasteiger partial charge in [-0.2, -0.15) is 0 Å². The molecular weight excluding hydrogens is 350 g/mol. The molecule has 2 heterocycles. The molecule has 1 fully saturated rings. The van der Waals surface area contributed by atoms with E-state index >= 15 is 0 Å². The van der Waals surface area contributed by atoms with Crippen LogP contribution in [0.3, 0.4) is 0 Å². The lowest BCUT2D eigenvalue weighted by Crippen LogP contribution is -2.43. The number of benzene rings is 1. The fourth-order valence-corrected chi connectivity index (χ4v) is 3.55. The monoisotopic (exact) mass is 373 g/mol. The van der Waals surface area contributed by atoms with E-state index in [4.69, 9.17) is 5.11 Å². The number of nitrogens with zero attached hydrogens (tertiary/aromatic N) is 5. The number of rotatable bonds is 5. The predicted molar refractivity (Wildman–Crippen MR) is 96.8 cm³/mol. The molecule has 9 nitrogen and oxygen atoms in total. The third-order valence-electron chi connectivity index (χ3n) is 4.91. The first-order chi connectivity index (χ1) is 13.0. The summed E-state index contributed by atoms with van der Waals surface area (Å²) in [4.78, 5) is 38.7. The van der Waals surface area contributed by atoms with Crippen LogP contribution in [0.2, 0.25) is 0 Å². The zero-order valence-corrected chi connectivity index (χ0v) is 15.2. The van der Waals surface area contributed by atoms with Crippen LogP contribution in [0.1, 0.15) is 26.2 Å². The van der Waals surface area contributed by atoms with Crippen LogP contribution in [0.4, 0.5) is 0 Å². The molecule has 0 unspecified atom stereocenters. The van der Waals surface area contributed by atoms with Crippen molar-refractivity contribution in [2.24, 2.45) is 0 Å². The SMILES string of the molecule is CC(=O)N(CC(=O)O)[C@H]1CCCN(C(=O)Cn2nnc3ccccc32)CC1. The van der Waals surface area contributed by atoms with E-state index in [1.54, 1.807) is 9.58 Å². The van der Waals surface area contributed by atoms with Crippen molar-refractivity contribution < 1.29 is 19.5 Å². The van der Waals surface area contributed by atoms with Gasteiger partial charge in [0.15, 0.2) is 0 Å². The maximum atomic E-state index is 12.7. The first-order valence-electron chi connectivity index (χ1n) is 9.00. The summed E-state index contributed by atoms with van der Waals surface area (Å²) < 4.78 is 1.59. The standard InChI is InChI=1S/C18H23N5O4/c1-13(24)22(12-18(26)27)14-5-4-9-21(10-8-14)17(25)11-23-16-7-3-2-6-15(16)19-20-23/h2-3,6-7,14H,4-5,8-12H2,1H3,(H,26,27)/t14-/m0/s1. The topological polar surface area (TPSA) is 109 Å². The first-order valence-corrected chi connectivity index (χ1v) is 9.00. The molecule has 27 heavy (non-hydrogen) atoms. The average Bonchev–Trinajstić information content (AvgIpc) is 2.87. The molecule has 0 bridgehead atoms. The van der Waals surface area contributed by atoms with Gasteiger partial charge in [-0.3, -0.25) is 14.4 Å². The van der Waals surface area contributed by atoms with Gasteiger partial charge in [-0.15, -0.1) is 5.10 Å². The Morgan fingerprint density at radius 2 is 2.00 bits per heavy atom. The lowest BCUT2D eigenvalue weighted by atomic mass is 10.1. The minimum atomic E-state index is -1.03. The summed E-state index contributed by atoms with van der Waals surface area (Å²) >= 11 is 0. The molecule has 0 saturated carbocycles. The summed E-state index contributed by atoms with van der Waals surface area (Å²) in [6.45, 7) is 2.25. The number of aromatic nitrogens is 3. The Morgan fingerprint density at radius 1 is 1.22 bits per heavy atom. The van der Waals surface area contributed by atoms with Gasteiger partial charge in [0.25, 0.3) is 0 Å². The highest BCUT2D eigenvalue weighted by Gasteiger charge is 2.27. The lowest BCUT2D eigenvalue weighted by Gasteiger charge is -2.28. The van der Waals surface area contributed by atoms with Crippen LogP contribution in [0, 0.1) is 0 Å². The lowest BCUT2D eigenvalue weighted by molar-refractivity contribution is -0.145. The van der Waals surface area contributed by atoms with Gasteiger partial charge in [0.05, 0.1) is 5.52 Å². The summed E-state index contributed by atoms with van der Waals surface area (Å²) in [7, 11) is 0. The van der Waals surface area contributed by atoms with Crippen LogP contribution < -0.4 is 0 Å². The Morgan fingerprint density at radius 3 is 2.74 bits per heavy atom. The van der Waals surface area contributed by atoms with E-state index in [2.05, 4.69) is 10.3 Å². The molecule has 2 aromatic rings. The van der Waals surface area contributed by atoms with Crippen molar-refractivity contribution >= 4 is 28.8 Å². The number of amides is 2. The zero-order chi connectivity index (χ0) is 19.4. The number of carboxylic acids is 1. The molecule has 1 atom stereocenters. The predicted octanol–water partition coefficient (Wildman–Crippen LogP) is 0.746. The summed E-state index contributed by atoms with van der Waals surface area (Å²) in [5.41, 5.74) is 1.55. The van der Waals surface area contributed by atoms with Crippen molar-refractivity contribution in [2.45, 2.75) is 38.8 Å². The van der Waals surface area contributed by atoms with E-state index in [9.17, 15) is 14.4 Å². The van der Waals surface area contributed by atoms with Crippen molar-refractivity contribution in [3.63, 3.8) is 0 Å². The van der Waals surface area contributed by atoms with Gasteiger partial charge in [0.2, 0.25) is 11.8 Å². The smallest absolute Gasteiger partial charge is 0.323 e. The summed E-state index contributed by atoms with van der Waals surface area (Å²) in [5, 5.41) is 17.1. The highest BCUT2D eigenvalue weighted by molar-refractivity contribution is 5.80. The van der Waals surface area contributed by atoms with Gasteiger partial charge in [0.1, 0.15) is 18.6 Å². The summed E-state index contributed by atoms with van der Waals surface area (Å²) in [6, 6.07) is 7.30. The Labute approximate surface area is 156 Å². The van der Waals surface area contributed by atoms with Crippen LogP contribution in [0.25, 0.3) is 11.0 Å². The van der Waals surface area contributed by atoms with Gasteiger partial charge in [-0.1, -0.05) is 17.3 Å². The zero-order valence-electron chi connectivity index (χ0n) is 15.2. The molecule has 2 amide bonds. The van der Waals surface area contributed by atoms with E-state index in [1.807, 2.05) is 24.3 Å². The number of fused-ring (bicyclic) bond motifs is 1. The van der Waals surface area contributed by atoms with Crippen molar-refractivity contribution in [2.75, 3.05) is 19.6 Å². The van der Waals surface area contributed by atoms with E-state index in [1.165, 1.54) is 11.8 Å². The van der Waals surface area contributed by atoms with Crippen LogP contribution in [-0.4, -0.2) is 73.4 Å². The van der Waals surface area contributed by atoms with E-state index < -0.39 is 5.97 Å². The Balaban J connectivity index is 1.64. The van der Waals surface area contributed by atoms with Crippen molar-refractivity contribution in [3.8, 4) is 0 Å². The second-order valence-electron chi connectivity index (χ2n) is 6.74. The van der Waals surface area contributed by atoms with Crippen LogP contribution in [-0.2, 0) is 20.9 Å². The second-order valence-corrected chi connectivity index (χ2v) is 6.74. The third-order valence-corrected chi connectivity index (χ3v) is 4.91. The van der Waals surface area contributed by atoms with Crippen LogP contribution in [0.5, 0.6) is 0 Å². The molecular formula is C18H23N5O4. The normalized spacial score (nSPS) is 17.5. The van der Waals surface area contributed by atoms with Gasteiger partial charge < -0.3 is 14.9 Å². The highest BCUT2D eigenvalue weighted by atomic mass is 16.4. The van der Waals surface area contributed by atoms with Crippen LogP contribution in [0.15, 0.2) is 24.3 Å². The van der Waals surface area contributed by atoms with E-state index in [0.717, 1.165) is 17.5 Å². The van der Waals surface area contributed by atoms with Crippen LogP contribution >= 0.6 is 0 Å². The molecule has 1 aliphatic heterocycles. The Kier molecular flexibility index (Phi) is 5.68. The number of hydrogen-bond donors (Lipinski definition) is 1. The van der Waals surface area contributed by atoms with E-state index in [0.29, 0.717) is 25.9 Å². The van der Waals surface area contributed by atoms with Crippen molar-refractivity contribution in [1.82, 2.24) is 24.8 Å². The highest BCUT2D eigenvalue weighted by Crippen LogP contribution is 2.18. The Hall–Kier alpha value is -2.97. The molecule has 1 aromatic carbocycles. The van der Waals surface area contributed by atoms with Gasteiger partial charge in [-0.25, -0.2) is 4.68 Å². The number of carbonyl (C=O) groups is 3. The molecule has 144 valence electrons. The number of hydrogen-bond acceptors (Lipinski definition) is 5. The quantitative estimate of drug-likeness (QED) is 0.828. The first kappa shape index (κ1) is 18.8. The molecule has 1 aromatic heterocycles. The largest absolute Gasteiger partial charge is 0.480 e. The Bertz CT molecular complexity index is 849. The van der Waals surface area contributed by atoms with Crippen molar-refractivity contribution in [1.29, 1.82) is 0 Å². The minimum absolute atomic E-state index is 0.0566. The fourth-order valence-electron chi connectivity index (χ4n) is 3.55. The number of carboxylic acid groups (broad SMARTS) is 1. The third kappa shape index (κ3) is 4.42. The van der Waals surface area contributed by atoms with Gasteiger partial charge >= 0.3 is 5.97 Å². The summed E-state index contributed by atoms with van der Waals surface area (Å²) in [5.74, 6) is -1.34. The number of aliphatic carboxylic acids is 1. The van der Waals surface area contributed by atoms with Gasteiger partial charge in [0, 0.05) is 26.1 Å². The molecule has 3 rings (SSSR count). The van der Waals surface area contributed by atoms with E-state index in [-0.39, 0.29) is 30.9 Å². The van der Waals surface area contributed by atoms with Crippen molar-refractivity contribution in [3.05, 3.63) is 24.3 Å². The number of likely N-dealkylation sites (tertiary alicyclic amines) is 1. The maximum absolute atomic E-state index is 12.7. The number of carbonyl (C=O) groups excluding carboxylic acids is 2. The maximum Gasteiger partial charge on any atom is 0.323 e. The molecule has 1 N–H and O–H groups in total. The molecule has 0 radical (unpaired) electrons. The molecule has 0 spiro atoms. The number of para-hydroxylation sites is 1.